The van der Waals surface area contributed by atoms with Gasteiger partial charge in [-0.2, -0.15) is 0 Å². The van der Waals surface area contributed by atoms with Gasteiger partial charge in [0.25, 0.3) is 0 Å². The summed E-state index contributed by atoms with van der Waals surface area (Å²) >= 11 is 0. The molecule has 0 aromatic heterocycles. The summed E-state index contributed by atoms with van der Waals surface area (Å²) in [6, 6.07) is 14.8. The number of benzene rings is 2. The highest BCUT2D eigenvalue weighted by Gasteiger charge is 2.35. The van der Waals surface area contributed by atoms with E-state index >= 15 is 0 Å². The highest BCUT2D eigenvalue weighted by atomic mass is 16.5. The van der Waals surface area contributed by atoms with E-state index in [9.17, 15) is 14.4 Å². The van der Waals surface area contributed by atoms with Gasteiger partial charge in [0.15, 0.2) is 0 Å². The molecule has 0 unspecified atom stereocenters. The van der Waals surface area contributed by atoms with Crippen molar-refractivity contribution in [3.63, 3.8) is 0 Å². The Bertz CT molecular complexity index is 1820. The molecule has 2 fully saturated rings. The third kappa shape index (κ3) is 17.9. The molecule has 7 N–H and O–H groups in total. The number of unbranched alkanes of at least 4 members (excludes halogenated alkanes) is 1. The van der Waals surface area contributed by atoms with Crippen LogP contribution in [0, 0.1) is 34.5 Å². The molecule has 0 amide bonds. The van der Waals surface area contributed by atoms with E-state index in [-0.39, 0.29) is 24.7 Å². The second kappa shape index (κ2) is 27.3. The van der Waals surface area contributed by atoms with Gasteiger partial charge in [-0.05, 0) is 155 Å². The summed E-state index contributed by atoms with van der Waals surface area (Å²) in [6.07, 6.45) is 28.2. The quantitative estimate of drug-likeness (QED) is 0.0582. The molecular formula is C54H74N2O8. The van der Waals surface area contributed by atoms with Crippen molar-refractivity contribution in [1.82, 2.24) is 0 Å². The lowest BCUT2D eigenvalue weighted by atomic mass is 9.65. The number of carboxylic acid groups (broad SMARTS) is 3. The van der Waals surface area contributed by atoms with Crippen LogP contribution in [0.2, 0.25) is 0 Å². The van der Waals surface area contributed by atoms with Crippen molar-refractivity contribution in [2.24, 2.45) is 22.3 Å². The topological polar surface area (TPSA) is 182 Å². The Morgan fingerprint density at radius 3 is 1.38 bits per heavy atom. The molecule has 0 radical (unpaired) electrons. The number of carbonyl (C=O) groups is 3. The van der Waals surface area contributed by atoms with Gasteiger partial charge in [0.1, 0.15) is 30.8 Å². The van der Waals surface area contributed by atoms with Crippen LogP contribution in [-0.4, -0.2) is 59.0 Å². The molecule has 10 nitrogen and oxygen atoms in total. The first-order valence-electron chi connectivity index (χ1n) is 23.7. The monoisotopic (exact) mass is 879 g/mol. The zero-order valence-electron chi connectivity index (χ0n) is 38.5. The highest BCUT2D eigenvalue weighted by Crippen LogP contribution is 2.48. The minimum absolute atomic E-state index is 0.0238. The maximum Gasteiger partial charge on any atom is 0.320 e. The summed E-state index contributed by atoms with van der Waals surface area (Å²) in [5.41, 5.74) is 16.2. The summed E-state index contributed by atoms with van der Waals surface area (Å²) in [6.45, 7) is 5.40. The van der Waals surface area contributed by atoms with E-state index in [1.165, 1.54) is 114 Å². The summed E-state index contributed by atoms with van der Waals surface area (Å²) in [5.74, 6) is 10.2. The summed E-state index contributed by atoms with van der Waals surface area (Å²) < 4.78 is 12.1. The highest BCUT2D eigenvalue weighted by molar-refractivity contribution is 5.73. The van der Waals surface area contributed by atoms with Crippen LogP contribution in [0.4, 0.5) is 0 Å². The summed E-state index contributed by atoms with van der Waals surface area (Å²) in [7, 11) is 0. The first kappa shape index (κ1) is 51.6. The number of rotatable bonds is 17. The molecule has 6 rings (SSSR count). The first-order valence-corrected chi connectivity index (χ1v) is 23.7. The lowest BCUT2D eigenvalue weighted by Crippen LogP contribution is -2.29. The second-order valence-electron chi connectivity index (χ2n) is 18.3. The molecule has 4 aliphatic carbocycles. The van der Waals surface area contributed by atoms with Gasteiger partial charge in [-0.25, -0.2) is 0 Å². The van der Waals surface area contributed by atoms with Crippen molar-refractivity contribution in [2.75, 3.05) is 19.8 Å². The Balaban J connectivity index is 0.000000232. The summed E-state index contributed by atoms with van der Waals surface area (Å²) in [5, 5.41) is 26.4. The Morgan fingerprint density at radius 2 is 1.03 bits per heavy atom. The molecule has 0 bridgehead atoms. The van der Waals surface area contributed by atoms with Crippen LogP contribution < -0.4 is 20.9 Å². The number of hydrogen-bond donors (Lipinski definition) is 5. The Morgan fingerprint density at radius 1 is 0.625 bits per heavy atom. The number of hydrogen-bond acceptors (Lipinski definition) is 7. The van der Waals surface area contributed by atoms with Crippen LogP contribution in [0.15, 0.2) is 71.8 Å². The summed E-state index contributed by atoms with van der Waals surface area (Å²) in [4.78, 5) is 32.2. The number of carboxylic acids is 3. The normalized spacial score (nSPS) is 18.5. The predicted molar refractivity (Wildman–Crippen MR) is 254 cm³/mol. The van der Waals surface area contributed by atoms with Gasteiger partial charge in [-0.15, -0.1) is 11.8 Å². The first-order chi connectivity index (χ1) is 30.9. The third-order valence-electron chi connectivity index (χ3n) is 13.3. The van der Waals surface area contributed by atoms with Crippen LogP contribution in [0.3, 0.4) is 0 Å². The van der Waals surface area contributed by atoms with Crippen molar-refractivity contribution >= 4 is 17.9 Å². The van der Waals surface area contributed by atoms with E-state index in [4.69, 9.17) is 36.3 Å². The molecular weight excluding hydrogens is 805 g/mol. The van der Waals surface area contributed by atoms with Gasteiger partial charge in [0.2, 0.25) is 0 Å². The number of allylic oxidation sites excluding steroid dienone is 2. The fourth-order valence-electron chi connectivity index (χ4n) is 9.91. The average Bonchev–Trinajstić information content (AvgIpc) is 3.28. The Hall–Kier alpha value is -5.03. The lowest BCUT2D eigenvalue weighted by Gasteiger charge is -2.40. The molecule has 64 heavy (non-hydrogen) atoms. The maximum atomic E-state index is 11.0. The van der Waals surface area contributed by atoms with Crippen molar-refractivity contribution in [1.29, 1.82) is 0 Å². The smallest absolute Gasteiger partial charge is 0.320 e. The van der Waals surface area contributed by atoms with E-state index in [0.29, 0.717) is 37.0 Å². The van der Waals surface area contributed by atoms with Gasteiger partial charge < -0.3 is 36.3 Å². The number of nitrogens with two attached hydrogens (primary N) is 2. The van der Waals surface area contributed by atoms with Crippen molar-refractivity contribution in [2.45, 2.75) is 167 Å². The van der Waals surface area contributed by atoms with E-state index in [1.54, 1.807) is 13.8 Å². The molecule has 4 aliphatic rings. The minimum Gasteiger partial charge on any atom is -0.489 e. The SMILES string of the molecule is CC#C[C@@H](CC(=O)O)c1ccc(OCC2=CCCC3(CCCCC3)C2)cc1.CC#C[C@@H](CC(=O)O)c1ccc(OCC2=CCCC3(CCCCC3)C2)cc1.NCCCC[C@H](N)C(=O)O. The van der Waals surface area contributed by atoms with Gasteiger partial charge >= 0.3 is 17.9 Å². The van der Waals surface area contributed by atoms with E-state index < -0.39 is 23.9 Å². The van der Waals surface area contributed by atoms with Crippen LogP contribution >= 0.6 is 0 Å². The zero-order valence-corrected chi connectivity index (χ0v) is 38.5. The van der Waals surface area contributed by atoms with Gasteiger partial charge in [-0.1, -0.05) is 93.2 Å². The predicted octanol–water partition coefficient (Wildman–Crippen LogP) is 10.9. The van der Waals surface area contributed by atoms with E-state index in [1.807, 2.05) is 48.5 Å². The molecule has 3 atom stereocenters. The zero-order chi connectivity index (χ0) is 46.2. The largest absolute Gasteiger partial charge is 0.489 e. The molecule has 2 aromatic carbocycles. The van der Waals surface area contributed by atoms with Crippen molar-refractivity contribution in [3.8, 4) is 35.2 Å². The molecule has 10 heteroatoms. The van der Waals surface area contributed by atoms with Gasteiger partial charge in [-0.3, -0.25) is 14.4 Å². The standard InChI is InChI=1S/2C24H30O3.C6H14N2O2/c2*1-2-7-21(16-23(25)26)20-9-11-22(12-10-20)27-18-19-8-6-15-24(17-19)13-4-3-5-14-24;7-4-2-1-3-5(8)6(9)10/h2*8-12,21H,3-6,13-18H2,1H3,(H,25,26);5H,1-4,7-8H2,(H,9,10)/t2*21-;5-/m000/s1. The third-order valence-corrected chi connectivity index (χ3v) is 13.3. The second-order valence-corrected chi connectivity index (χ2v) is 18.3. The van der Waals surface area contributed by atoms with Crippen molar-refractivity contribution in [3.05, 3.63) is 83.0 Å². The number of ether oxygens (including phenoxy) is 2. The Labute approximate surface area is 382 Å². The minimum atomic E-state index is -0.933. The van der Waals surface area contributed by atoms with Crippen LogP contribution in [0.1, 0.15) is 172 Å². The molecule has 0 saturated heterocycles. The van der Waals surface area contributed by atoms with Gasteiger partial charge in [0.05, 0.1) is 24.7 Å². The molecule has 348 valence electrons. The molecule has 0 aliphatic heterocycles. The van der Waals surface area contributed by atoms with E-state index in [0.717, 1.165) is 35.5 Å². The maximum absolute atomic E-state index is 11.0. The van der Waals surface area contributed by atoms with Crippen molar-refractivity contribution < 1.29 is 39.2 Å². The Kier molecular flexibility index (Phi) is 22.0. The fourth-order valence-corrected chi connectivity index (χ4v) is 9.91. The number of aliphatic carboxylic acids is 3. The van der Waals surface area contributed by atoms with Crippen LogP contribution in [0.5, 0.6) is 11.5 Å². The molecule has 0 heterocycles. The van der Waals surface area contributed by atoms with Gasteiger partial charge in [0, 0.05) is 0 Å². The molecule has 2 saturated carbocycles. The lowest BCUT2D eigenvalue weighted by molar-refractivity contribution is -0.139. The van der Waals surface area contributed by atoms with Crippen LogP contribution in [-0.2, 0) is 14.4 Å². The molecule has 2 spiro atoms. The molecule has 2 aromatic rings. The average molecular weight is 879 g/mol. The van der Waals surface area contributed by atoms with Crippen LogP contribution in [0.25, 0.3) is 0 Å². The fraction of sp³-hybridized carbons (Fsp3) is 0.574. The van der Waals surface area contributed by atoms with E-state index in [2.05, 4.69) is 35.8 Å².